The topological polar surface area (TPSA) is 41.6 Å². The van der Waals surface area contributed by atoms with Crippen LogP contribution >= 0.6 is 0 Å². The van der Waals surface area contributed by atoms with Crippen LogP contribution in [0.4, 0.5) is 10.5 Å². The molecule has 126 valence electrons. The molecule has 1 saturated heterocycles. The molecule has 1 fully saturated rings. The number of carbonyl (C=O) groups excluding carboxylic acids is 1. The third-order valence-electron chi connectivity index (χ3n) is 4.49. The van der Waals surface area contributed by atoms with E-state index in [-0.39, 0.29) is 12.1 Å². The Morgan fingerprint density at radius 1 is 1.21 bits per heavy atom. The average Bonchev–Trinajstić information content (AvgIpc) is 3.07. The molecule has 1 atom stereocenters. The van der Waals surface area contributed by atoms with Crippen LogP contribution in [0.3, 0.4) is 0 Å². The van der Waals surface area contributed by atoms with Gasteiger partial charge in [0.1, 0.15) is 5.75 Å². The van der Waals surface area contributed by atoms with Gasteiger partial charge in [0.15, 0.2) is 0 Å². The Bertz CT molecular complexity index is 714. The number of aryl methyl sites for hydroxylation is 1. The van der Waals surface area contributed by atoms with E-state index in [1.165, 1.54) is 11.1 Å². The SMILES string of the molecule is CCOc1ccccc1NC(=O)N1CCCC1c1ccccc1C. The highest BCUT2D eigenvalue weighted by molar-refractivity contribution is 5.91. The molecule has 2 amide bonds. The summed E-state index contributed by atoms with van der Waals surface area (Å²) < 4.78 is 5.60. The van der Waals surface area contributed by atoms with Crippen molar-refractivity contribution in [3.63, 3.8) is 0 Å². The molecule has 0 aromatic heterocycles. The summed E-state index contributed by atoms with van der Waals surface area (Å²) in [6.45, 7) is 5.39. The van der Waals surface area contributed by atoms with E-state index < -0.39 is 0 Å². The van der Waals surface area contributed by atoms with Gasteiger partial charge in [0.25, 0.3) is 0 Å². The lowest BCUT2D eigenvalue weighted by atomic mass is 9.99. The Labute approximate surface area is 143 Å². The number of ether oxygens (including phenoxy) is 1. The molecule has 0 spiro atoms. The first-order chi connectivity index (χ1) is 11.7. The van der Waals surface area contributed by atoms with E-state index >= 15 is 0 Å². The molecule has 0 aliphatic carbocycles. The Morgan fingerprint density at radius 2 is 1.96 bits per heavy atom. The monoisotopic (exact) mass is 324 g/mol. The standard InChI is InChI=1S/C20H24N2O2/c1-3-24-19-13-7-6-11-17(19)21-20(23)22-14-8-12-18(22)16-10-5-4-9-15(16)2/h4-7,9-11,13,18H,3,8,12,14H2,1-2H3,(H,21,23). The van der Waals surface area contributed by atoms with Crippen LogP contribution < -0.4 is 10.1 Å². The fraction of sp³-hybridized carbons (Fsp3) is 0.350. The largest absolute Gasteiger partial charge is 0.492 e. The van der Waals surface area contributed by atoms with Crippen molar-refractivity contribution in [2.24, 2.45) is 0 Å². The Kier molecular flexibility index (Phi) is 5.04. The van der Waals surface area contributed by atoms with E-state index in [4.69, 9.17) is 4.74 Å². The summed E-state index contributed by atoms with van der Waals surface area (Å²) in [5.41, 5.74) is 3.19. The third kappa shape index (κ3) is 3.37. The predicted octanol–water partition coefficient (Wildman–Crippen LogP) is 4.76. The van der Waals surface area contributed by atoms with Crippen LogP contribution in [-0.4, -0.2) is 24.1 Å². The summed E-state index contributed by atoms with van der Waals surface area (Å²) in [4.78, 5) is 14.8. The number of anilines is 1. The second-order valence-electron chi connectivity index (χ2n) is 6.07. The van der Waals surface area contributed by atoms with E-state index in [9.17, 15) is 4.79 Å². The minimum Gasteiger partial charge on any atom is -0.492 e. The minimum absolute atomic E-state index is 0.0621. The number of hydrogen-bond acceptors (Lipinski definition) is 2. The normalized spacial score (nSPS) is 16.9. The Hall–Kier alpha value is -2.49. The van der Waals surface area contributed by atoms with Crippen molar-refractivity contribution in [3.05, 3.63) is 59.7 Å². The summed E-state index contributed by atoms with van der Waals surface area (Å²) in [6.07, 6.45) is 2.03. The van der Waals surface area contributed by atoms with Gasteiger partial charge in [-0.25, -0.2) is 4.79 Å². The van der Waals surface area contributed by atoms with Gasteiger partial charge in [-0.05, 0) is 49.9 Å². The van der Waals surface area contributed by atoms with Gasteiger partial charge in [0.2, 0.25) is 0 Å². The highest BCUT2D eigenvalue weighted by Gasteiger charge is 2.31. The Balaban J connectivity index is 1.78. The molecule has 0 bridgehead atoms. The van der Waals surface area contributed by atoms with Gasteiger partial charge < -0.3 is 15.0 Å². The molecule has 1 aliphatic rings. The number of urea groups is 1. The van der Waals surface area contributed by atoms with Crippen LogP contribution in [-0.2, 0) is 0 Å². The molecule has 1 heterocycles. The van der Waals surface area contributed by atoms with Gasteiger partial charge in [-0.15, -0.1) is 0 Å². The number of carbonyl (C=O) groups is 1. The quantitative estimate of drug-likeness (QED) is 0.880. The summed E-state index contributed by atoms with van der Waals surface area (Å²) in [5.74, 6) is 0.708. The van der Waals surface area contributed by atoms with Gasteiger partial charge in [-0.1, -0.05) is 36.4 Å². The molecule has 0 saturated carbocycles. The van der Waals surface area contributed by atoms with E-state index in [0.29, 0.717) is 12.4 Å². The van der Waals surface area contributed by atoms with Crippen LogP contribution in [0.25, 0.3) is 0 Å². The van der Waals surface area contributed by atoms with Crippen LogP contribution in [0.2, 0.25) is 0 Å². The number of nitrogens with one attached hydrogen (secondary N) is 1. The molecule has 3 rings (SSSR count). The van der Waals surface area contributed by atoms with E-state index in [1.54, 1.807) is 0 Å². The molecule has 1 aliphatic heterocycles. The summed E-state index contributed by atoms with van der Waals surface area (Å²) >= 11 is 0. The second-order valence-corrected chi connectivity index (χ2v) is 6.07. The maximum Gasteiger partial charge on any atom is 0.322 e. The average molecular weight is 324 g/mol. The molecule has 2 aromatic rings. The highest BCUT2D eigenvalue weighted by atomic mass is 16.5. The predicted molar refractivity (Wildman–Crippen MR) is 96.5 cm³/mol. The first kappa shape index (κ1) is 16.4. The van der Waals surface area contributed by atoms with Crippen molar-refractivity contribution in [1.82, 2.24) is 4.90 Å². The summed E-state index contributed by atoms with van der Waals surface area (Å²) in [6, 6.07) is 16.0. The van der Waals surface area contributed by atoms with Crippen LogP contribution in [0.1, 0.15) is 36.9 Å². The number of likely N-dealkylation sites (tertiary alicyclic amines) is 1. The van der Waals surface area contributed by atoms with Crippen LogP contribution in [0.5, 0.6) is 5.75 Å². The fourth-order valence-corrected chi connectivity index (χ4v) is 3.33. The third-order valence-corrected chi connectivity index (χ3v) is 4.49. The van der Waals surface area contributed by atoms with E-state index in [2.05, 4.69) is 24.4 Å². The second kappa shape index (κ2) is 7.39. The molecule has 4 nitrogen and oxygen atoms in total. The molecule has 0 radical (unpaired) electrons. The van der Waals surface area contributed by atoms with Gasteiger partial charge in [0.05, 0.1) is 18.3 Å². The summed E-state index contributed by atoms with van der Waals surface area (Å²) in [5, 5.41) is 3.02. The molecule has 2 aromatic carbocycles. The van der Waals surface area contributed by atoms with Gasteiger partial charge >= 0.3 is 6.03 Å². The zero-order valence-electron chi connectivity index (χ0n) is 14.3. The highest BCUT2D eigenvalue weighted by Crippen LogP contribution is 2.34. The minimum atomic E-state index is -0.0621. The molecular weight excluding hydrogens is 300 g/mol. The van der Waals surface area contributed by atoms with Crippen molar-refractivity contribution in [2.75, 3.05) is 18.5 Å². The lowest BCUT2D eigenvalue weighted by Crippen LogP contribution is -2.34. The number of para-hydroxylation sites is 2. The number of benzene rings is 2. The zero-order chi connectivity index (χ0) is 16.9. The van der Waals surface area contributed by atoms with Crippen molar-refractivity contribution in [2.45, 2.75) is 32.7 Å². The van der Waals surface area contributed by atoms with Gasteiger partial charge in [0, 0.05) is 6.54 Å². The number of hydrogen-bond donors (Lipinski definition) is 1. The van der Waals surface area contributed by atoms with Crippen molar-refractivity contribution in [1.29, 1.82) is 0 Å². The molecule has 4 heteroatoms. The lowest BCUT2D eigenvalue weighted by molar-refractivity contribution is 0.206. The number of rotatable bonds is 4. The molecular formula is C20H24N2O2. The smallest absolute Gasteiger partial charge is 0.322 e. The maximum absolute atomic E-state index is 12.8. The molecule has 1 unspecified atom stereocenters. The Morgan fingerprint density at radius 3 is 2.75 bits per heavy atom. The van der Waals surface area contributed by atoms with Gasteiger partial charge in [-0.2, -0.15) is 0 Å². The summed E-state index contributed by atoms with van der Waals surface area (Å²) in [7, 11) is 0. The van der Waals surface area contributed by atoms with Gasteiger partial charge in [-0.3, -0.25) is 0 Å². The first-order valence-corrected chi connectivity index (χ1v) is 8.55. The molecule has 1 N–H and O–H groups in total. The van der Waals surface area contributed by atoms with Crippen molar-refractivity contribution >= 4 is 11.7 Å². The molecule has 24 heavy (non-hydrogen) atoms. The fourth-order valence-electron chi connectivity index (χ4n) is 3.33. The van der Waals surface area contributed by atoms with Crippen LogP contribution in [0, 0.1) is 6.92 Å². The zero-order valence-corrected chi connectivity index (χ0v) is 14.3. The lowest BCUT2D eigenvalue weighted by Gasteiger charge is -2.27. The number of amides is 2. The van der Waals surface area contributed by atoms with E-state index in [1.807, 2.05) is 48.2 Å². The van der Waals surface area contributed by atoms with Crippen LogP contribution in [0.15, 0.2) is 48.5 Å². The van der Waals surface area contributed by atoms with Crippen molar-refractivity contribution < 1.29 is 9.53 Å². The number of nitrogens with zero attached hydrogens (tertiary/aromatic N) is 1. The van der Waals surface area contributed by atoms with Crippen molar-refractivity contribution in [3.8, 4) is 5.75 Å². The first-order valence-electron chi connectivity index (χ1n) is 8.55. The maximum atomic E-state index is 12.8. The van der Waals surface area contributed by atoms with E-state index in [0.717, 1.165) is 25.1 Å².